The van der Waals surface area contributed by atoms with Gasteiger partial charge in [0.1, 0.15) is 11.6 Å². The standard InChI is InChI=1S/C18H15FN6O/c19-13-6-4-12(5-7-13)17-14(11-21-24-17)18(26)20-9-8-16-23-22-15-3-1-2-10-25(15)16/h1-7,10-11H,8-9H2,(H,20,26)(H,21,24). The molecule has 1 aromatic carbocycles. The van der Waals surface area contributed by atoms with E-state index in [-0.39, 0.29) is 11.7 Å². The number of rotatable bonds is 5. The molecule has 0 fully saturated rings. The number of nitrogens with one attached hydrogen (secondary N) is 2. The summed E-state index contributed by atoms with van der Waals surface area (Å²) in [6.07, 6.45) is 3.89. The Labute approximate surface area is 147 Å². The van der Waals surface area contributed by atoms with Gasteiger partial charge in [-0.3, -0.25) is 14.3 Å². The second kappa shape index (κ2) is 6.75. The molecule has 0 saturated carbocycles. The molecule has 0 atom stereocenters. The molecule has 0 spiro atoms. The molecule has 0 aliphatic heterocycles. The maximum Gasteiger partial charge on any atom is 0.255 e. The largest absolute Gasteiger partial charge is 0.351 e. The lowest BCUT2D eigenvalue weighted by Gasteiger charge is -2.06. The van der Waals surface area contributed by atoms with Crippen LogP contribution >= 0.6 is 0 Å². The highest BCUT2D eigenvalue weighted by Gasteiger charge is 2.15. The van der Waals surface area contributed by atoms with Gasteiger partial charge in [0.2, 0.25) is 0 Å². The van der Waals surface area contributed by atoms with E-state index in [1.807, 2.05) is 28.8 Å². The van der Waals surface area contributed by atoms with Gasteiger partial charge in [-0.1, -0.05) is 6.07 Å². The molecule has 8 heteroatoms. The number of carbonyl (C=O) groups is 1. The van der Waals surface area contributed by atoms with Crippen molar-refractivity contribution >= 4 is 11.6 Å². The molecule has 4 aromatic rings. The summed E-state index contributed by atoms with van der Waals surface area (Å²) in [6.45, 7) is 0.405. The van der Waals surface area contributed by atoms with Gasteiger partial charge in [-0.15, -0.1) is 10.2 Å². The number of amides is 1. The Morgan fingerprint density at radius 3 is 2.85 bits per heavy atom. The molecule has 3 heterocycles. The third kappa shape index (κ3) is 3.04. The maximum atomic E-state index is 13.1. The molecule has 2 N–H and O–H groups in total. The number of benzene rings is 1. The molecule has 0 aliphatic rings. The molecule has 130 valence electrons. The van der Waals surface area contributed by atoms with Crippen LogP contribution in [0.15, 0.2) is 54.9 Å². The van der Waals surface area contributed by atoms with Crippen LogP contribution in [0.3, 0.4) is 0 Å². The minimum absolute atomic E-state index is 0.258. The lowest BCUT2D eigenvalue weighted by atomic mass is 10.1. The number of H-pyrrole nitrogens is 1. The highest BCUT2D eigenvalue weighted by Crippen LogP contribution is 2.21. The maximum absolute atomic E-state index is 13.1. The summed E-state index contributed by atoms with van der Waals surface area (Å²) < 4.78 is 15.0. The van der Waals surface area contributed by atoms with Crippen molar-refractivity contribution in [3.05, 3.63) is 72.1 Å². The van der Waals surface area contributed by atoms with Gasteiger partial charge < -0.3 is 5.32 Å². The van der Waals surface area contributed by atoms with Gasteiger partial charge >= 0.3 is 0 Å². The quantitative estimate of drug-likeness (QED) is 0.578. The van der Waals surface area contributed by atoms with Gasteiger partial charge in [0.15, 0.2) is 5.65 Å². The predicted molar refractivity (Wildman–Crippen MR) is 93.0 cm³/mol. The number of pyridine rings is 1. The molecule has 1 amide bonds. The Bertz CT molecular complexity index is 1050. The highest BCUT2D eigenvalue weighted by molar-refractivity contribution is 5.99. The van der Waals surface area contributed by atoms with Crippen LogP contribution in [0, 0.1) is 5.82 Å². The Morgan fingerprint density at radius 1 is 1.15 bits per heavy atom. The fourth-order valence-electron chi connectivity index (χ4n) is 2.74. The van der Waals surface area contributed by atoms with E-state index in [0.717, 1.165) is 11.5 Å². The molecule has 0 aliphatic carbocycles. The fraction of sp³-hybridized carbons (Fsp3) is 0.111. The minimum Gasteiger partial charge on any atom is -0.351 e. The number of halogens is 1. The van der Waals surface area contributed by atoms with Crippen LogP contribution in [0.5, 0.6) is 0 Å². The van der Waals surface area contributed by atoms with Crippen molar-refractivity contribution in [2.24, 2.45) is 0 Å². The first kappa shape index (κ1) is 15.9. The normalized spacial score (nSPS) is 11.0. The van der Waals surface area contributed by atoms with Gasteiger partial charge in [-0.2, -0.15) is 5.10 Å². The average molecular weight is 350 g/mol. The van der Waals surface area contributed by atoms with Crippen molar-refractivity contribution in [3.63, 3.8) is 0 Å². The van der Waals surface area contributed by atoms with Crippen LogP contribution in [0.1, 0.15) is 16.2 Å². The summed E-state index contributed by atoms with van der Waals surface area (Å²) in [7, 11) is 0. The molecular formula is C18H15FN6O. The molecule has 4 rings (SSSR count). The van der Waals surface area contributed by atoms with Gasteiger partial charge in [-0.25, -0.2) is 4.39 Å². The first-order valence-electron chi connectivity index (χ1n) is 8.08. The van der Waals surface area contributed by atoms with Gasteiger partial charge in [0.25, 0.3) is 5.91 Å². The SMILES string of the molecule is O=C(NCCc1nnc2ccccn12)c1cn[nH]c1-c1ccc(F)cc1. The summed E-state index contributed by atoms with van der Waals surface area (Å²) in [5.74, 6) is 0.179. The van der Waals surface area contributed by atoms with Crippen LogP contribution in [0.2, 0.25) is 0 Å². The van der Waals surface area contributed by atoms with Crippen LogP contribution in [0.4, 0.5) is 4.39 Å². The summed E-state index contributed by atoms with van der Waals surface area (Å²) >= 11 is 0. The lowest BCUT2D eigenvalue weighted by molar-refractivity contribution is 0.0954. The molecule has 0 unspecified atom stereocenters. The second-order valence-electron chi connectivity index (χ2n) is 5.72. The van der Waals surface area contributed by atoms with E-state index < -0.39 is 0 Å². The van der Waals surface area contributed by atoms with E-state index in [2.05, 4.69) is 25.7 Å². The number of nitrogens with zero attached hydrogens (tertiary/aromatic N) is 4. The summed E-state index contributed by atoms with van der Waals surface area (Å²) in [5.41, 5.74) is 2.41. The Kier molecular flexibility index (Phi) is 4.14. The summed E-state index contributed by atoms with van der Waals surface area (Å²) in [5, 5.41) is 17.8. The average Bonchev–Trinajstić information content (AvgIpc) is 3.30. The Hall–Kier alpha value is -3.55. The lowest BCUT2D eigenvalue weighted by Crippen LogP contribution is -2.26. The zero-order valence-electron chi connectivity index (χ0n) is 13.7. The first-order chi connectivity index (χ1) is 12.7. The zero-order chi connectivity index (χ0) is 17.9. The molecule has 0 bridgehead atoms. The summed E-state index contributed by atoms with van der Waals surface area (Å²) in [4.78, 5) is 12.5. The first-order valence-corrected chi connectivity index (χ1v) is 8.08. The van der Waals surface area contributed by atoms with Gasteiger partial charge in [-0.05, 0) is 36.4 Å². The molecule has 26 heavy (non-hydrogen) atoms. The van der Waals surface area contributed by atoms with E-state index in [9.17, 15) is 9.18 Å². The number of carbonyl (C=O) groups excluding carboxylic acids is 1. The van der Waals surface area contributed by atoms with Crippen molar-refractivity contribution in [2.75, 3.05) is 6.54 Å². The number of hydrogen-bond acceptors (Lipinski definition) is 4. The summed E-state index contributed by atoms with van der Waals surface area (Å²) in [6, 6.07) is 11.5. The zero-order valence-corrected chi connectivity index (χ0v) is 13.7. The predicted octanol–water partition coefficient (Wildman–Crippen LogP) is 2.23. The van der Waals surface area contributed by atoms with E-state index in [0.29, 0.717) is 29.8 Å². The van der Waals surface area contributed by atoms with Crippen molar-refractivity contribution in [3.8, 4) is 11.3 Å². The van der Waals surface area contributed by atoms with E-state index in [4.69, 9.17) is 0 Å². The third-order valence-corrected chi connectivity index (χ3v) is 4.04. The minimum atomic E-state index is -0.334. The molecule has 7 nitrogen and oxygen atoms in total. The van der Waals surface area contributed by atoms with Crippen LogP contribution < -0.4 is 5.32 Å². The molecule has 0 saturated heterocycles. The van der Waals surface area contributed by atoms with Crippen molar-refractivity contribution in [2.45, 2.75) is 6.42 Å². The number of aromatic nitrogens is 5. The van der Waals surface area contributed by atoms with Gasteiger partial charge in [0, 0.05) is 24.7 Å². The van der Waals surface area contributed by atoms with Crippen LogP contribution in [-0.4, -0.2) is 37.2 Å². The molecule has 0 radical (unpaired) electrons. The monoisotopic (exact) mass is 350 g/mol. The number of hydrogen-bond donors (Lipinski definition) is 2. The van der Waals surface area contributed by atoms with Crippen molar-refractivity contribution < 1.29 is 9.18 Å². The number of fused-ring (bicyclic) bond motifs is 1. The van der Waals surface area contributed by atoms with E-state index in [1.165, 1.54) is 18.3 Å². The molecular weight excluding hydrogens is 335 g/mol. The van der Waals surface area contributed by atoms with E-state index in [1.54, 1.807) is 12.1 Å². The highest BCUT2D eigenvalue weighted by atomic mass is 19.1. The smallest absolute Gasteiger partial charge is 0.255 e. The Morgan fingerprint density at radius 2 is 2.00 bits per heavy atom. The number of aromatic amines is 1. The van der Waals surface area contributed by atoms with Crippen LogP contribution in [0.25, 0.3) is 16.9 Å². The van der Waals surface area contributed by atoms with Crippen molar-refractivity contribution in [1.82, 2.24) is 30.1 Å². The Balaban J connectivity index is 1.44. The fourth-order valence-corrected chi connectivity index (χ4v) is 2.74. The van der Waals surface area contributed by atoms with Crippen molar-refractivity contribution in [1.29, 1.82) is 0 Å². The van der Waals surface area contributed by atoms with E-state index >= 15 is 0 Å². The van der Waals surface area contributed by atoms with Crippen LogP contribution in [-0.2, 0) is 6.42 Å². The second-order valence-corrected chi connectivity index (χ2v) is 5.72. The third-order valence-electron chi connectivity index (χ3n) is 4.04. The molecule has 3 aromatic heterocycles. The van der Waals surface area contributed by atoms with Gasteiger partial charge in [0.05, 0.1) is 17.5 Å². The topological polar surface area (TPSA) is 88.0 Å².